The van der Waals surface area contributed by atoms with Gasteiger partial charge in [-0.15, -0.1) is 0 Å². The molecule has 2 aromatic carbocycles. The number of rotatable bonds is 5. The van der Waals surface area contributed by atoms with Gasteiger partial charge in [-0.1, -0.05) is 29.3 Å². The molecule has 0 unspecified atom stereocenters. The number of carbonyl (C=O) groups is 1. The lowest BCUT2D eigenvalue weighted by molar-refractivity contribution is 0.247. The SMILES string of the molecule is Cc1ccc(NC(=O)NCCOc2ccc(Cl)cc2C)cc1Cl. The molecule has 0 atom stereocenters. The van der Waals surface area contributed by atoms with Gasteiger partial charge in [0.2, 0.25) is 0 Å². The van der Waals surface area contributed by atoms with Crippen LogP contribution < -0.4 is 15.4 Å². The van der Waals surface area contributed by atoms with Crippen LogP contribution in [0.25, 0.3) is 0 Å². The number of amides is 2. The molecule has 0 aliphatic rings. The van der Waals surface area contributed by atoms with E-state index >= 15 is 0 Å². The lowest BCUT2D eigenvalue weighted by Crippen LogP contribution is -2.32. The van der Waals surface area contributed by atoms with E-state index in [1.54, 1.807) is 18.2 Å². The highest BCUT2D eigenvalue weighted by Gasteiger charge is 2.04. The van der Waals surface area contributed by atoms with Crippen molar-refractivity contribution in [3.63, 3.8) is 0 Å². The van der Waals surface area contributed by atoms with Gasteiger partial charge >= 0.3 is 6.03 Å². The van der Waals surface area contributed by atoms with Gasteiger partial charge in [0.1, 0.15) is 12.4 Å². The number of halogens is 2. The molecule has 0 saturated carbocycles. The largest absolute Gasteiger partial charge is 0.491 e. The van der Waals surface area contributed by atoms with Gasteiger partial charge in [0.25, 0.3) is 0 Å². The Labute approximate surface area is 145 Å². The van der Waals surface area contributed by atoms with Crippen molar-refractivity contribution in [3.8, 4) is 5.75 Å². The molecule has 4 nitrogen and oxygen atoms in total. The van der Waals surface area contributed by atoms with Crippen LogP contribution in [-0.4, -0.2) is 19.2 Å². The van der Waals surface area contributed by atoms with Crippen LogP contribution in [-0.2, 0) is 0 Å². The number of ether oxygens (including phenoxy) is 1. The Kier molecular flexibility index (Phi) is 6.13. The summed E-state index contributed by atoms with van der Waals surface area (Å²) in [6, 6.07) is 10.5. The number of urea groups is 1. The summed E-state index contributed by atoms with van der Waals surface area (Å²) in [5.41, 5.74) is 2.56. The summed E-state index contributed by atoms with van der Waals surface area (Å²) in [5.74, 6) is 0.752. The second-order valence-corrected chi connectivity index (χ2v) is 5.95. The summed E-state index contributed by atoms with van der Waals surface area (Å²) in [6.07, 6.45) is 0. The fourth-order valence-corrected chi connectivity index (χ4v) is 2.35. The molecule has 0 aromatic heterocycles. The van der Waals surface area contributed by atoms with Crippen LogP contribution in [0, 0.1) is 13.8 Å². The monoisotopic (exact) mass is 352 g/mol. The summed E-state index contributed by atoms with van der Waals surface area (Å²) in [5, 5.41) is 6.73. The quantitative estimate of drug-likeness (QED) is 0.758. The van der Waals surface area contributed by atoms with Crippen LogP contribution in [0.3, 0.4) is 0 Å². The third-order valence-corrected chi connectivity index (χ3v) is 3.85. The van der Waals surface area contributed by atoms with Crippen molar-refractivity contribution in [2.45, 2.75) is 13.8 Å². The van der Waals surface area contributed by atoms with Crippen LogP contribution in [0.4, 0.5) is 10.5 Å². The predicted octanol–water partition coefficient (Wildman–Crippen LogP) is 4.81. The summed E-state index contributed by atoms with van der Waals surface area (Å²) in [6.45, 7) is 4.57. The molecule has 2 amide bonds. The molecule has 0 heterocycles. The van der Waals surface area contributed by atoms with Gasteiger partial charge in [-0.25, -0.2) is 4.79 Å². The van der Waals surface area contributed by atoms with E-state index in [2.05, 4.69) is 10.6 Å². The number of hydrogen-bond acceptors (Lipinski definition) is 2. The number of nitrogens with one attached hydrogen (secondary N) is 2. The van der Waals surface area contributed by atoms with Crippen molar-refractivity contribution in [2.75, 3.05) is 18.5 Å². The summed E-state index contributed by atoms with van der Waals surface area (Å²) >= 11 is 11.9. The van der Waals surface area contributed by atoms with E-state index in [1.165, 1.54) is 0 Å². The van der Waals surface area contributed by atoms with Gasteiger partial charge in [-0.2, -0.15) is 0 Å². The van der Waals surface area contributed by atoms with Gasteiger partial charge in [-0.05, 0) is 55.3 Å². The van der Waals surface area contributed by atoms with Crippen LogP contribution in [0.15, 0.2) is 36.4 Å². The zero-order valence-electron chi connectivity index (χ0n) is 13.0. The Bertz CT molecular complexity index is 705. The van der Waals surface area contributed by atoms with E-state index in [4.69, 9.17) is 27.9 Å². The first-order valence-corrected chi connectivity index (χ1v) is 7.91. The maximum Gasteiger partial charge on any atom is 0.319 e. The number of benzene rings is 2. The second kappa shape index (κ2) is 8.09. The Morgan fingerprint density at radius 3 is 2.57 bits per heavy atom. The van der Waals surface area contributed by atoms with Crippen LogP contribution in [0.2, 0.25) is 10.0 Å². The van der Waals surface area contributed by atoms with Gasteiger partial charge in [-0.3, -0.25) is 0 Å². The second-order valence-electron chi connectivity index (χ2n) is 5.10. The molecule has 0 aliphatic carbocycles. The zero-order valence-corrected chi connectivity index (χ0v) is 14.5. The molecular weight excluding hydrogens is 335 g/mol. The van der Waals surface area contributed by atoms with Crippen molar-refractivity contribution in [1.29, 1.82) is 0 Å². The van der Waals surface area contributed by atoms with E-state index < -0.39 is 0 Å². The highest BCUT2D eigenvalue weighted by atomic mass is 35.5. The lowest BCUT2D eigenvalue weighted by atomic mass is 10.2. The summed E-state index contributed by atoms with van der Waals surface area (Å²) in [4.78, 5) is 11.8. The van der Waals surface area contributed by atoms with E-state index in [0.29, 0.717) is 28.9 Å². The highest BCUT2D eigenvalue weighted by molar-refractivity contribution is 6.31. The third-order valence-electron chi connectivity index (χ3n) is 3.21. The van der Waals surface area contributed by atoms with Crippen molar-refractivity contribution >= 4 is 34.9 Å². The normalized spacial score (nSPS) is 10.3. The zero-order chi connectivity index (χ0) is 16.8. The third kappa shape index (κ3) is 5.34. The average molecular weight is 353 g/mol. The summed E-state index contributed by atoms with van der Waals surface area (Å²) in [7, 11) is 0. The molecule has 0 saturated heterocycles. The summed E-state index contributed by atoms with van der Waals surface area (Å²) < 4.78 is 5.60. The molecule has 0 spiro atoms. The Morgan fingerprint density at radius 2 is 1.87 bits per heavy atom. The van der Waals surface area contributed by atoms with Crippen molar-refractivity contribution in [3.05, 3.63) is 57.6 Å². The van der Waals surface area contributed by atoms with Crippen molar-refractivity contribution < 1.29 is 9.53 Å². The first kappa shape index (κ1) is 17.4. The molecule has 0 bridgehead atoms. The molecule has 0 fully saturated rings. The first-order valence-electron chi connectivity index (χ1n) is 7.15. The Hall–Kier alpha value is -1.91. The van der Waals surface area contributed by atoms with Crippen LogP contribution >= 0.6 is 23.2 Å². The maximum absolute atomic E-state index is 11.8. The molecule has 2 rings (SSSR count). The molecule has 6 heteroatoms. The van der Waals surface area contributed by atoms with Gasteiger partial charge in [0.05, 0.1) is 6.54 Å². The van der Waals surface area contributed by atoms with Gasteiger partial charge < -0.3 is 15.4 Å². The van der Waals surface area contributed by atoms with Crippen LogP contribution in [0.1, 0.15) is 11.1 Å². The smallest absolute Gasteiger partial charge is 0.319 e. The molecule has 23 heavy (non-hydrogen) atoms. The molecule has 0 radical (unpaired) electrons. The molecular formula is C17H18Cl2N2O2. The van der Waals surface area contributed by atoms with E-state index in [0.717, 1.165) is 16.9 Å². The van der Waals surface area contributed by atoms with Crippen molar-refractivity contribution in [1.82, 2.24) is 5.32 Å². The number of hydrogen-bond donors (Lipinski definition) is 2. The highest BCUT2D eigenvalue weighted by Crippen LogP contribution is 2.21. The van der Waals surface area contributed by atoms with E-state index in [1.807, 2.05) is 32.0 Å². The van der Waals surface area contributed by atoms with Gasteiger partial charge in [0, 0.05) is 15.7 Å². The molecule has 2 aromatic rings. The van der Waals surface area contributed by atoms with Crippen molar-refractivity contribution in [2.24, 2.45) is 0 Å². The number of anilines is 1. The Balaban J connectivity index is 1.75. The number of carbonyl (C=O) groups excluding carboxylic acids is 1. The topological polar surface area (TPSA) is 50.4 Å². The standard InChI is InChI=1S/C17H18Cl2N2O2/c1-11-3-5-14(10-15(11)19)21-17(22)20-7-8-23-16-6-4-13(18)9-12(16)2/h3-6,9-10H,7-8H2,1-2H3,(H2,20,21,22). The van der Waals surface area contributed by atoms with Gasteiger partial charge in [0.15, 0.2) is 0 Å². The molecule has 0 aliphatic heterocycles. The Morgan fingerprint density at radius 1 is 1.09 bits per heavy atom. The van der Waals surface area contributed by atoms with Crippen LogP contribution in [0.5, 0.6) is 5.75 Å². The predicted molar refractivity (Wildman–Crippen MR) is 94.9 cm³/mol. The minimum atomic E-state index is -0.304. The average Bonchev–Trinajstić information content (AvgIpc) is 2.49. The lowest BCUT2D eigenvalue weighted by Gasteiger charge is -2.11. The fourth-order valence-electron chi connectivity index (χ4n) is 1.95. The molecule has 2 N–H and O–H groups in total. The first-order chi connectivity index (χ1) is 11.0. The molecule has 122 valence electrons. The minimum absolute atomic E-state index is 0.304. The van der Waals surface area contributed by atoms with E-state index in [-0.39, 0.29) is 6.03 Å². The fraction of sp³-hybridized carbons (Fsp3) is 0.235. The van der Waals surface area contributed by atoms with E-state index in [9.17, 15) is 4.79 Å². The minimum Gasteiger partial charge on any atom is -0.491 e. The number of aryl methyl sites for hydroxylation is 2. The maximum atomic E-state index is 11.8.